The van der Waals surface area contributed by atoms with E-state index in [0.717, 1.165) is 16.8 Å². The van der Waals surface area contributed by atoms with Crippen molar-refractivity contribution in [3.63, 3.8) is 0 Å². The normalized spacial score (nSPS) is 10.9. The molecule has 0 atom stereocenters. The Labute approximate surface area is 184 Å². The molecule has 1 amide bonds. The largest absolute Gasteiger partial charge is 0.319 e. The van der Waals surface area contributed by atoms with Crippen molar-refractivity contribution in [2.45, 2.75) is 0 Å². The van der Waals surface area contributed by atoms with Crippen LogP contribution < -0.4 is 5.32 Å². The third-order valence-corrected chi connectivity index (χ3v) is 5.34. The molecule has 0 saturated heterocycles. The fraction of sp³-hybridized carbons (Fsp3) is 0. The molecule has 5 heteroatoms. The van der Waals surface area contributed by atoms with Gasteiger partial charge in [-0.1, -0.05) is 72.3 Å². The fourth-order valence-electron chi connectivity index (χ4n) is 3.54. The molecule has 2 heterocycles. The first-order chi connectivity index (χ1) is 15.2. The number of nitrogens with one attached hydrogen (secondary N) is 1. The van der Waals surface area contributed by atoms with Crippen molar-refractivity contribution in [2.24, 2.45) is 0 Å². The van der Waals surface area contributed by atoms with Gasteiger partial charge in [-0.15, -0.1) is 0 Å². The number of hydrogen-bond donors (Lipinski definition) is 1. The average Bonchev–Trinajstić information content (AvgIpc) is 3.25. The highest BCUT2D eigenvalue weighted by molar-refractivity contribution is 6.31. The van der Waals surface area contributed by atoms with E-state index in [1.807, 2.05) is 47.1 Å². The number of halogens is 1. The van der Waals surface area contributed by atoms with Gasteiger partial charge in [0.2, 0.25) is 0 Å². The summed E-state index contributed by atoms with van der Waals surface area (Å²) in [5.41, 5.74) is 6.00. The molecule has 150 valence electrons. The standard InChI is InChI=1S/C26H18ClN3O/c27-22-9-4-8-21(16-22)26(31)29-23-10-5-15-30-17-24(28-25(23)30)20-13-11-19(12-14-20)18-6-2-1-3-7-18/h1-17H,(H,29,31). The molecular weight excluding hydrogens is 406 g/mol. The van der Waals surface area contributed by atoms with Crippen molar-refractivity contribution in [3.8, 4) is 22.4 Å². The summed E-state index contributed by atoms with van der Waals surface area (Å²) < 4.78 is 1.91. The monoisotopic (exact) mass is 423 g/mol. The summed E-state index contributed by atoms with van der Waals surface area (Å²) in [5, 5.41) is 3.46. The van der Waals surface area contributed by atoms with Gasteiger partial charge in [0.1, 0.15) is 0 Å². The molecule has 31 heavy (non-hydrogen) atoms. The van der Waals surface area contributed by atoms with E-state index in [9.17, 15) is 4.79 Å². The third-order valence-electron chi connectivity index (χ3n) is 5.11. The highest BCUT2D eigenvalue weighted by Crippen LogP contribution is 2.26. The molecule has 5 rings (SSSR count). The number of fused-ring (bicyclic) bond motifs is 1. The van der Waals surface area contributed by atoms with Crippen LogP contribution in [0, 0.1) is 0 Å². The van der Waals surface area contributed by atoms with E-state index in [1.54, 1.807) is 24.3 Å². The molecule has 0 aliphatic heterocycles. The quantitative estimate of drug-likeness (QED) is 0.355. The van der Waals surface area contributed by atoms with Gasteiger partial charge in [0.05, 0.1) is 11.4 Å². The number of rotatable bonds is 4. The zero-order chi connectivity index (χ0) is 21.2. The lowest BCUT2D eigenvalue weighted by Crippen LogP contribution is -2.12. The number of benzene rings is 3. The summed E-state index contributed by atoms with van der Waals surface area (Å²) in [6.07, 6.45) is 3.88. The van der Waals surface area contributed by atoms with Gasteiger partial charge >= 0.3 is 0 Å². The summed E-state index contributed by atoms with van der Waals surface area (Å²) >= 11 is 6.01. The van der Waals surface area contributed by atoms with E-state index in [4.69, 9.17) is 16.6 Å². The van der Waals surface area contributed by atoms with Crippen LogP contribution in [-0.2, 0) is 0 Å². The van der Waals surface area contributed by atoms with Crippen LogP contribution in [-0.4, -0.2) is 15.3 Å². The van der Waals surface area contributed by atoms with Crippen molar-refractivity contribution >= 4 is 28.8 Å². The van der Waals surface area contributed by atoms with Gasteiger partial charge in [-0.2, -0.15) is 0 Å². The Balaban J connectivity index is 1.45. The topological polar surface area (TPSA) is 46.4 Å². The van der Waals surface area contributed by atoms with Gasteiger partial charge in [-0.05, 0) is 41.5 Å². The summed E-state index contributed by atoms with van der Waals surface area (Å²) in [6.45, 7) is 0. The Hall–Kier alpha value is -3.89. The van der Waals surface area contributed by atoms with E-state index < -0.39 is 0 Å². The smallest absolute Gasteiger partial charge is 0.255 e. The molecule has 4 nitrogen and oxygen atoms in total. The number of pyridine rings is 1. The van der Waals surface area contributed by atoms with Crippen molar-refractivity contribution in [1.82, 2.24) is 9.38 Å². The minimum Gasteiger partial charge on any atom is -0.319 e. The van der Waals surface area contributed by atoms with Gasteiger partial charge in [0.25, 0.3) is 5.91 Å². The predicted octanol–water partition coefficient (Wildman–Crippen LogP) is 6.57. The number of imidazole rings is 1. The lowest BCUT2D eigenvalue weighted by Gasteiger charge is -2.06. The molecule has 2 aromatic heterocycles. The lowest BCUT2D eigenvalue weighted by atomic mass is 10.0. The van der Waals surface area contributed by atoms with Gasteiger partial charge < -0.3 is 9.72 Å². The molecule has 0 radical (unpaired) electrons. The number of hydrogen-bond acceptors (Lipinski definition) is 2. The van der Waals surface area contributed by atoms with Gasteiger partial charge in [-0.25, -0.2) is 4.98 Å². The maximum atomic E-state index is 12.7. The van der Waals surface area contributed by atoms with Crippen molar-refractivity contribution in [1.29, 1.82) is 0 Å². The van der Waals surface area contributed by atoms with Crippen LogP contribution in [0.1, 0.15) is 10.4 Å². The van der Waals surface area contributed by atoms with Crippen LogP contribution in [0.3, 0.4) is 0 Å². The zero-order valence-corrected chi connectivity index (χ0v) is 17.3. The van der Waals surface area contributed by atoms with E-state index >= 15 is 0 Å². The van der Waals surface area contributed by atoms with Crippen LogP contribution in [0.2, 0.25) is 5.02 Å². The van der Waals surface area contributed by atoms with Crippen molar-refractivity contribution < 1.29 is 4.79 Å². The molecule has 0 aliphatic carbocycles. The first-order valence-corrected chi connectivity index (χ1v) is 10.3. The number of anilines is 1. The maximum absolute atomic E-state index is 12.7. The Morgan fingerprint density at radius 3 is 2.32 bits per heavy atom. The predicted molar refractivity (Wildman–Crippen MR) is 125 cm³/mol. The second-order valence-electron chi connectivity index (χ2n) is 7.19. The number of nitrogens with zero attached hydrogens (tertiary/aromatic N) is 2. The molecule has 0 aliphatic rings. The van der Waals surface area contributed by atoms with Gasteiger partial charge in [0.15, 0.2) is 5.65 Å². The van der Waals surface area contributed by atoms with Gasteiger partial charge in [-0.3, -0.25) is 4.79 Å². The van der Waals surface area contributed by atoms with Crippen LogP contribution in [0.25, 0.3) is 28.0 Å². The molecule has 5 aromatic rings. The number of carbonyl (C=O) groups is 1. The number of aromatic nitrogens is 2. The van der Waals surface area contributed by atoms with E-state index in [2.05, 4.69) is 41.7 Å². The molecule has 1 N–H and O–H groups in total. The van der Waals surface area contributed by atoms with E-state index in [1.165, 1.54) is 5.56 Å². The number of carbonyl (C=O) groups excluding carboxylic acids is 1. The molecule has 3 aromatic carbocycles. The Bertz CT molecular complexity index is 1380. The van der Waals surface area contributed by atoms with E-state index in [0.29, 0.717) is 21.9 Å². The second-order valence-corrected chi connectivity index (χ2v) is 7.62. The minimum absolute atomic E-state index is 0.229. The minimum atomic E-state index is -0.229. The highest BCUT2D eigenvalue weighted by atomic mass is 35.5. The highest BCUT2D eigenvalue weighted by Gasteiger charge is 2.12. The Morgan fingerprint density at radius 1 is 0.806 bits per heavy atom. The summed E-state index contributed by atoms with van der Waals surface area (Å²) in [4.78, 5) is 17.4. The summed E-state index contributed by atoms with van der Waals surface area (Å²) in [5.74, 6) is -0.229. The molecule has 0 unspecified atom stereocenters. The molecular formula is C26H18ClN3O. The lowest BCUT2D eigenvalue weighted by molar-refractivity contribution is 0.102. The number of amides is 1. The molecule has 0 bridgehead atoms. The van der Waals surface area contributed by atoms with Crippen LogP contribution in [0.4, 0.5) is 5.69 Å². The Morgan fingerprint density at radius 2 is 1.55 bits per heavy atom. The zero-order valence-electron chi connectivity index (χ0n) is 16.5. The van der Waals surface area contributed by atoms with Gasteiger partial charge in [0, 0.05) is 28.5 Å². The molecule has 0 spiro atoms. The summed E-state index contributed by atoms with van der Waals surface area (Å²) in [7, 11) is 0. The SMILES string of the molecule is O=C(Nc1cccn2cc(-c3ccc(-c4ccccc4)cc3)nc12)c1cccc(Cl)c1. The Kier molecular flexibility index (Phi) is 4.98. The fourth-order valence-corrected chi connectivity index (χ4v) is 3.73. The van der Waals surface area contributed by atoms with Crippen LogP contribution >= 0.6 is 11.6 Å². The maximum Gasteiger partial charge on any atom is 0.255 e. The molecule has 0 saturated carbocycles. The second kappa shape index (κ2) is 8.09. The third kappa shape index (κ3) is 3.93. The average molecular weight is 424 g/mol. The first kappa shape index (κ1) is 19.1. The van der Waals surface area contributed by atoms with Crippen molar-refractivity contribution in [3.05, 3.63) is 114 Å². The van der Waals surface area contributed by atoms with E-state index in [-0.39, 0.29) is 5.91 Å². The van der Waals surface area contributed by atoms with Crippen LogP contribution in [0.5, 0.6) is 0 Å². The first-order valence-electron chi connectivity index (χ1n) is 9.88. The molecule has 0 fully saturated rings. The van der Waals surface area contributed by atoms with Crippen LogP contribution in [0.15, 0.2) is 103 Å². The summed E-state index contributed by atoms with van der Waals surface area (Å²) in [6, 6.07) is 29.2. The van der Waals surface area contributed by atoms with Crippen molar-refractivity contribution in [2.75, 3.05) is 5.32 Å².